The first-order chi connectivity index (χ1) is 11.1. The molecule has 1 N–H and O–H groups in total. The van der Waals surface area contributed by atoms with Crippen molar-refractivity contribution in [3.8, 4) is 10.4 Å². The number of hydrogen-bond donors (Lipinski definition) is 1. The van der Waals surface area contributed by atoms with Gasteiger partial charge in [-0.1, -0.05) is 31.5 Å². The Labute approximate surface area is 141 Å². The van der Waals surface area contributed by atoms with E-state index in [0.717, 1.165) is 18.4 Å². The molecule has 0 bridgehead atoms. The van der Waals surface area contributed by atoms with Crippen LogP contribution in [0.25, 0.3) is 10.4 Å². The van der Waals surface area contributed by atoms with Crippen molar-refractivity contribution in [2.24, 2.45) is 0 Å². The molecular formula is C18H22N2O2S. The average molecular weight is 330 g/mol. The fourth-order valence-electron chi connectivity index (χ4n) is 2.19. The van der Waals surface area contributed by atoms with Gasteiger partial charge in [0, 0.05) is 24.0 Å². The lowest BCUT2D eigenvalue weighted by Gasteiger charge is -2.17. The summed E-state index contributed by atoms with van der Waals surface area (Å²) in [7, 11) is 1.65. The maximum Gasteiger partial charge on any atom is 0.254 e. The van der Waals surface area contributed by atoms with Crippen LogP contribution >= 0.6 is 11.3 Å². The highest BCUT2D eigenvalue weighted by Crippen LogP contribution is 2.24. The maximum absolute atomic E-state index is 12.4. The van der Waals surface area contributed by atoms with Crippen molar-refractivity contribution in [1.29, 1.82) is 0 Å². The third-order valence-electron chi connectivity index (χ3n) is 3.52. The van der Waals surface area contributed by atoms with Crippen LogP contribution in [0.1, 0.15) is 30.1 Å². The van der Waals surface area contributed by atoms with Crippen molar-refractivity contribution in [2.75, 3.05) is 20.1 Å². The van der Waals surface area contributed by atoms with Gasteiger partial charge in [-0.05, 0) is 35.6 Å². The number of thiophene rings is 1. The van der Waals surface area contributed by atoms with Crippen molar-refractivity contribution >= 4 is 23.2 Å². The predicted octanol–water partition coefficient (Wildman–Crippen LogP) is 3.40. The van der Waals surface area contributed by atoms with Gasteiger partial charge < -0.3 is 10.2 Å². The Bertz CT molecular complexity index is 636. The molecular weight excluding hydrogens is 308 g/mol. The fourth-order valence-corrected chi connectivity index (χ4v) is 2.92. The number of carbonyl (C=O) groups excluding carboxylic acids is 2. The molecule has 4 nitrogen and oxygen atoms in total. The normalized spacial score (nSPS) is 10.3. The molecule has 2 aromatic rings. The van der Waals surface area contributed by atoms with E-state index in [1.54, 1.807) is 18.4 Å². The van der Waals surface area contributed by atoms with Crippen LogP contribution in [0.3, 0.4) is 0 Å². The SMILES string of the molecule is CCCCNC(=O)CN(C)C(=O)c1ccc(-c2cccs2)cc1. The van der Waals surface area contributed by atoms with Crippen LogP contribution in [0.15, 0.2) is 41.8 Å². The molecule has 2 amide bonds. The van der Waals surface area contributed by atoms with E-state index in [0.29, 0.717) is 12.1 Å². The minimum atomic E-state index is -0.145. The van der Waals surface area contributed by atoms with Crippen LogP contribution in [0, 0.1) is 0 Å². The number of carbonyl (C=O) groups is 2. The van der Waals surface area contributed by atoms with Crippen LogP contribution in [-0.2, 0) is 4.79 Å². The Morgan fingerprint density at radius 2 is 1.91 bits per heavy atom. The van der Waals surface area contributed by atoms with Gasteiger partial charge in [-0.25, -0.2) is 0 Å². The lowest BCUT2D eigenvalue weighted by atomic mass is 10.1. The number of amides is 2. The van der Waals surface area contributed by atoms with Crippen molar-refractivity contribution < 1.29 is 9.59 Å². The van der Waals surface area contributed by atoms with Crippen LogP contribution in [0.4, 0.5) is 0 Å². The van der Waals surface area contributed by atoms with E-state index >= 15 is 0 Å². The zero-order chi connectivity index (χ0) is 16.7. The molecule has 0 aliphatic carbocycles. The first-order valence-electron chi connectivity index (χ1n) is 7.78. The van der Waals surface area contributed by atoms with Gasteiger partial charge in [0.15, 0.2) is 0 Å². The van der Waals surface area contributed by atoms with Crippen molar-refractivity contribution in [3.05, 3.63) is 47.3 Å². The second-order valence-electron chi connectivity index (χ2n) is 5.42. The third-order valence-corrected chi connectivity index (χ3v) is 4.44. The molecule has 0 fully saturated rings. The van der Waals surface area contributed by atoms with Gasteiger partial charge in [0.1, 0.15) is 0 Å². The van der Waals surface area contributed by atoms with E-state index < -0.39 is 0 Å². The van der Waals surface area contributed by atoms with Gasteiger partial charge in [0.2, 0.25) is 5.91 Å². The van der Waals surface area contributed by atoms with Gasteiger partial charge >= 0.3 is 0 Å². The van der Waals surface area contributed by atoms with Crippen LogP contribution in [0.2, 0.25) is 0 Å². The van der Waals surface area contributed by atoms with Gasteiger partial charge in [-0.2, -0.15) is 0 Å². The van der Waals surface area contributed by atoms with Crippen LogP contribution in [0.5, 0.6) is 0 Å². The van der Waals surface area contributed by atoms with E-state index in [1.807, 2.05) is 41.8 Å². The van der Waals surface area contributed by atoms with E-state index in [4.69, 9.17) is 0 Å². The van der Waals surface area contributed by atoms with E-state index in [-0.39, 0.29) is 18.4 Å². The highest BCUT2D eigenvalue weighted by molar-refractivity contribution is 7.13. The molecule has 1 heterocycles. The lowest BCUT2D eigenvalue weighted by Crippen LogP contribution is -2.38. The summed E-state index contributed by atoms with van der Waals surface area (Å²) in [5.74, 6) is -0.266. The molecule has 0 aliphatic heterocycles. The number of likely N-dealkylation sites (N-methyl/N-ethyl adjacent to an activating group) is 1. The summed E-state index contributed by atoms with van der Waals surface area (Å²) < 4.78 is 0. The first-order valence-corrected chi connectivity index (χ1v) is 8.66. The summed E-state index contributed by atoms with van der Waals surface area (Å²) in [4.78, 5) is 26.7. The molecule has 0 atom stereocenters. The Morgan fingerprint density at radius 3 is 2.52 bits per heavy atom. The molecule has 0 aliphatic rings. The standard InChI is InChI=1S/C18H22N2O2S/c1-3-4-11-19-17(21)13-20(2)18(22)15-9-7-14(8-10-15)16-6-5-12-23-16/h5-10,12H,3-4,11,13H2,1-2H3,(H,19,21). The number of nitrogens with zero attached hydrogens (tertiary/aromatic N) is 1. The molecule has 23 heavy (non-hydrogen) atoms. The van der Waals surface area contributed by atoms with E-state index in [9.17, 15) is 9.59 Å². The summed E-state index contributed by atoms with van der Waals surface area (Å²) in [6.07, 6.45) is 1.99. The van der Waals surface area contributed by atoms with Crippen LogP contribution in [-0.4, -0.2) is 36.9 Å². The maximum atomic E-state index is 12.4. The summed E-state index contributed by atoms with van der Waals surface area (Å²) >= 11 is 1.67. The number of unbranched alkanes of at least 4 members (excludes halogenated alkanes) is 1. The Morgan fingerprint density at radius 1 is 1.17 bits per heavy atom. The Kier molecular flexibility index (Phi) is 6.35. The van der Waals surface area contributed by atoms with E-state index in [2.05, 4.69) is 12.2 Å². The highest BCUT2D eigenvalue weighted by atomic mass is 32.1. The summed E-state index contributed by atoms with van der Waals surface area (Å²) in [5, 5.41) is 4.84. The number of hydrogen-bond acceptors (Lipinski definition) is 3. The van der Waals surface area contributed by atoms with E-state index in [1.165, 1.54) is 9.78 Å². The van der Waals surface area contributed by atoms with Gasteiger partial charge in [-0.15, -0.1) is 11.3 Å². The Balaban J connectivity index is 1.93. The number of nitrogens with one attached hydrogen (secondary N) is 1. The summed E-state index contributed by atoms with van der Waals surface area (Å²) in [6.45, 7) is 2.81. The van der Waals surface area contributed by atoms with Crippen molar-refractivity contribution in [1.82, 2.24) is 10.2 Å². The second kappa shape index (κ2) is 8.48. The third kappa shape index (κ3) is 4.93. The Hall–Kier alpha value is -2.14. The topological polar surface area (TPSA) is 49.4 Å². The first kappa shape index (κ1) is 17.2. The molecule has 0 saturated heterocycles. The van der Waals surface area contributed by atoms with Gasteiger partial charge in [0.25, 0.3) is 5.91 Å². The molecule has 2 rings (SSSR count). The molecule has 122 valence electrons. The van der Waals surface area contributed by atoms with Crippen molar-refractivity contribution in [2.45, 2.75) is 19.8 Å². The summed E-state index contributed by atoms with van der Waals surface area (Å²) in [5.41, 5.74) is 1.69. The fraction of sp³-hybridized carbons (Fsp3) is 0.333. The van der Waals surface area contributed by atoms with Gasteiger partial charge in [-0.3, -0.25) is 9.59 Å². The number of benzene rings is 1. The minimum Gasteiger partial charge on any atom is -0.355 e. The predicted molar refractivity (Wildman–Crippen MR) is 94.6 cm³/mol. The molecule has 0 saturated carbocycles. The average Bonchev–Trinajstić information content (AvgIpc) is 3.09. The molecule has 0 radical (unpaired) electrons. The zero-order valence-electron chi connectivity index (χ0n) is 13.5. The quantitative estimate of drug-likeness (QED) is 0.791. The smallest absolute Gasteiger partial charge is 0.254 e. The molecule has 0 spiro atoms. The minimum absolute atomic E-state index is 0.0786. The highest BCUT2D eigenvalue weighted by Gasteiger charge is 2.14. The van der Waals surface area contributed by atoms with Gasteiger partial charge in [0.05, 0.1) is 6.54 Å². The molecule has 1 aromatic carbocycles. The molecule has 1 aromatic heterocycles. The lowest BCUT2D eigenvalue weighted by molar-refractivity contribution is -0.121. The number of rotatable bonds is 7. The van der Waals surface area contributed by atoms with Crippen LogP contribution < -0.4 is 5.32 Å². The van der Waals surface area contributed by atoms with Crippen molar-refractivity contribution in [3.63, 3.8) is 0 Å². The zero-order valence-corrected chi connectivity index (χ0v) is 14.4. The summed E-state index contributed by atoms with van der Waals surface area (Å²) in [6, 6.07) is 11.5. The largest absolute Gasteiger partial charge is 0.355 e. The monoisotopic (exact) mass is 330 g/mol. The molecule has 0 unspecified atom stereocenters. The molecule has 5 heteroatoms. The second-order valence-corrected chi connectivity index (χ2v) is 6.37.